The van der Waals surface area contributed by atoms with Crippen molar-refractivity contribution >= 4 is 9.84 Å². The highest BCUT2D eigenvalue weighted by Crippen LogP contribution is 2.41. The molecule has 3 atom stereocenters. The Hall–Kier alpha value is -0.870. The zero-order valence-corrected chi connectivity index (χ0v) is 14.2. The number of hydrogen-bond donors (Lipinski definition) is 1. The molecule has 0 saturated heterocycles. The molecule has 0 radical (unpaired) electrons. The van der Waals surface area contributed by atoms with E-state index >= 15 is 0 Å². The van der Waals surface area contributed by atoms with Crippen LogP contribution in [0.2, 0.25) is 0 Å². The highest BCUT2D eigenvalue weighted by Gasteiger charge is 2.42. The molecule has 0 aromatic heterocycles. The van der Waals surface area contributed by atoms with E-state index in [-0.39, 0.29) is 5.41 Å². The van der Waals surface area contributed by atoms with Crippen LogP contribution in [0.1, 0.15) is 45.6 Å². The monoisotopic (exact) mass is 310 g/mol. The Morgan fingerprint density at radius 3 is 2.19 bits per heavy atom. The normalized spacial score (nSPS) is 27.6. The van der Waals surface area contributed by atoms with Gasteiger partial charge >= 0.3 is 0 Å². The average molecular weight is 310 g/mol. The van der Waals surface area contributed by atoms with Crippen LogP contribution in [0.15, 0.2) is 29.2 Å². The summed E-state index contributed by atoms with van der Waals surface area (Å²) < 4.78 is 25.6. The SMILES string of the molecule is Cc1ccc(S(=O)(=O)C2CC(C(C)(C)C)CCC2O)cc1. The van der Waals surface area contributed by atoms with Gasteiger partial charge in [0.1, 0.15) is 0 Å². The van der Waals surface area contributed by atoms with Crippen molar-refractivity contribution in [2.45, 2.75) is 63.2 Å². The maximum absolute atomic E-state index is 12.8. The van der Waals surface area contributed by atoms with E-state index < -0.39 is 21.2 Å². The van der Waals surface area contributed by atoms with Crippen molar-refractivity contribution in [1.29, 1.82) is 0 Å². The largest absolute Gasteiger partial charge is 0.392 e. The number of sulfone groups is 1. The minimum Gasteiger partial charge on any atom is -0.392 e. The Labute approximate surface area is 128 Å². The topological polar surface area (TPSA) is 54.4 Å². The highest BCUT2D eigenvalue weighted by atomic mass is 32.2. The van der Waals surface area contributed by atoms with Crippen LogP contribution in [0.4, 0.5) is 0 Å². The summed E-state index contributed by atoms with van der Waals surface area (Å²) in [6, 6.07) is 6.92. The number of aliphatic hydroxyl groups is 1. The first-order valence-corrected chi connectivity index (χ1v) is 9.15. The van der Waals surface area contributed by atoms with Crippen LogP contribution in [0.5, 0.6) is 0 Å². The first-order chi connectivity index (χ1) is 9.62. The molecule has 0 spiro atoms. The Kier molecular flexibility index (Phi) is 4.50. The predicted molar refractivity (Wildman–Crippen MR) is 85.0 cm³/mol. The Morgan fingerprint density at radius 2 is 1.67 bits per heavy atom. The molecule has 1 aromatic carbocycles. The number of rotatable bonds is 2. The fourth-order valence-electron chi connectivity index (χ4n) is 3.14. The van der Waals surface area contributed by atoms with Gasteiger partial charge in [-0.1, -0.05) is 38.5 Å². The van der Waals surface area contributed by atoms with E-state index in [0.717, 1.165) is 12.0 Å². The molecular weight excluding hydrogens is 284 g/mol. The Morgan fingerprint density at radius 1 is 1.10 bits per heavy atom. The molecule has 3 nitrogen and oxygen atoms in total. The summed E-state index contributed by atoms with van der Waals surface area (Å²) in [5.41, 5.74) is 1.10. The van der Waals surface area contributed by atoms with E-state index in [1.807, 2.05) is 19.1 Å². The third kappa shape index (κ3) is 3.49. The van der Waals surface area contributed by atoms with Crippen molar-refractivity contribution in [3.8, 4) is 0 Å². The lowest BCUT2D eigenvalue weighted by Gasteiger charge is -2.39. The van der Waals surface area contributed by atoms with Gasteiger partial charge in [0, 0.05) is 0 Å². The summed E-state index contributed by atoms with van der Waals surface area (Å²) >= 11 is 0. The molecule has 0 aliphatic heterocycles. The lowest BCUT2D eigenvalue weighted by molar-refractivity contribution is 0.0757. The van der Waals surface area contributed by atoms with Crippen molar-refractivity contribution in [2.24, 2.45) is 11.3 Å². The maximum atomic E-state index is 12.8. The molecule has 1 N–H and O–H groups in total. The second-order valence-electron chi connectivity index (χ2n) is 7.34. The lowest BCUT2D eigenvalue weighted by atomic mass is 9.71. The van der Waals surface area contributed by atoms with Gasteiger partial charge in [-0.05, 0) is 49.7 Å². The van der Waals surface area contributed by atoms with Gasteiger partial charge in [0.15, 0.2) is 9.84 Å². The summed E-state index contributed by atoms with van der Waals surface area (Å²) in [7, 11) is -3.47. The average Bonchev–Trinajstić information content (AvgIpc) is 2.38. The number of hydrogen-bond acceptors (Lipinski definition) is 3. The molecule has 0 amide bonds. The first-order valence-electron chi connectivity index (χ1n) is 7.61. The van der Waals surface area contributed by atoms with Crippen LogP contribution in [0.25, 0.3) is 0 Å². The van der Waals surface area contributed by atoms with Crippen LogP contribution >= 0.6 is 0 Å². The molecule has 2 rings (SSSR count). The molecule has 21 heavy (non-hydrogen) atoms. The van der Waals surface area contributed by atoms with E-state index in [4.69, 9.17) is 0 Å². The van der Waals surface area contributed by atoms with E-state index in [0.29, 0.717) is 23.7 Å². The van der Waals surface area contributed by atoms with Gasteiger partial charge in [-0.15, -0.1) is 0 Å². The number of benzene rings is 1. The summed E-state index contributed by atoms with van der Waals surface area (Å²) in [5.74, 6) is 0.325. The standard InChI is InChI=1S/C17H26O3S/c1-12-5-8-14(9-6-12)21(19,20)16-11-13(17(2,3)4)7-10-15(16)18/h5-6,8-9,13,15-16,18H,7,10-11H2,1-4H3. The fourth-order valence-corrected chi connectivity index (χ4v) is 5.04. The summed E-state index contributed by atoms with van der Waals surface area (Å²) in [6.07, 6.45) is 1.25. The van der Waals surface area contributed by atoms with Crippen LogP contribution in [-0.4, -0.2) is 24.9 Å². The van der Waals surface area contributed by atoms with Crippen molar-refractivity contribution in [3.05, 3.63) is 29.8 Å². The molecule has 1 saturated carbocycles. The van der Waals surface area contributed by atoms with Gasteiger partial charge in [-0.2, -0.15) is 0 Å². The zero-order valence-electron chi connectivity index (χ0n) is 13.3. The van der Waals surface area contributed by atoms with Crippen LogP contribution in [0, 0.1) is 18.3 Å². The second-order valence-corrected chi connectivity index (χ2v) is 9.51. The van der Waals surface area contributed by atoms with Gasteiger partial charge in [0.05, 0.1) is 16.2 Å². The summed E-state index contributed by atoms with van der Waals surface area (Å²) in [6.45, 7) is 8.36. The van der Waals surface area contributed by atoms with Gasteiger partial charge < -0.3 is 5.11 Å². The van der Waals surface area contributed by atoms with Crippen molar-refractivity contribution in [1.82, 2.24) is 0 Å². The quantitative estimate of drug-likeness (QED) is 0.911. The fraction of sp³-hybridized carbons (Fsp3) is 0.647. The van der Waals surface area contributed by atoms with Crippen molar-refractivity contribution in [3.63, 3.8) is 0 Å². The number of aryl methyl sites for hydroxylation is 1. The predicted octanol–water partition coefficient (Wildman–Crippen LogP) is 3.34. The van der Waals surface area contributed by atoms with E-state index in [2.05, 4.69) is 20.8 Å². The van der Waals surface area contributed by atoms with Gasteiger partial charge in [0.25, 0.3) is 0 Å². The molecule has 1 aliphatic rings. The molecule has 118 valence electrons. The van der Waals surface area contributed by atoms with Crippen molar-refractivity contribution in [2.75, 3.05) is 0 Å². The molecule has 3 unspecified atom stereocenters. The molecule has 1 aromatic rings. The van der Waals surface area contributed by atoms with Crippen LogP contribution in [0.3, 0.4) is 0 Å². The number of aliphatic hydroxyl groups excluding tert-OH is 1. The third-order valence-corrected chi connectivity index (χ3v) is 6.96. The van der Waals surface area contributed by atoms with E-state index in [9.17, 15) is 13.5 Å². The summed E-state index contributed by atoms with van der Waals surface area (Å²) in [5, 5.41) is 9.54. The minimum absolute atomic E-state index is 0.0706. The minimum atomic E-state index is -3.47. The van der Waals surface area contributed by atoms with E-state index in [1.165, 1.54) is 0 Å². The molecule has 4 heteroatoms. The van der Waals surface area contributed by atoms with Gasteiger partial charge in [0.2, 0.25) is 0 Å². The van der Waals surface area contributed by atoms with Crippen molar-refractivity contribution < 1.29 is 13.5 Å². The van der Waals surface area contributed by atoms with Crippen LogP contribution in [-0.2, 0) is 9.84 Å². The first kappa shape index (κ1) is 16.5. The smallest absolute Gasteiger partial charge is 0.183 e. The molecule has 1 fully saturated rings. The Balaban J connectivity index is 2.31. The lowest BCUT2D eigenvalue weighted by Crippen LogP contribution is -2.42. The molecule has 0 heterocycles. The highest BCUT2D eigenvalue weighted by molar-refractivity contribution is 7.92. The zero-order chi connectivity index (χ0) is 15.8. The van der Waals surface area contributed by atoms with E-state index in [1.54, 1.807) is 12.1 Å². The van der Waals surface area contributed by atoms with Crippen LogP contribution < -0.4 is 0 Å². The van der Waals surface area contributed by atoms with Gasteiger partial charge in [-0.3, -0.25) is 0 Å². The molecule has 1 aliphatic carbocycles. The van der Waals surface area contributed by atoms with Gasteiger partial charge in [-0.25, -0.2) is 8.42 Å². The third-order valence-electron chi connectivity index (χ3n) is 4.73. The Bertz CT molecular complexity index is 581. The molecular formula is C17H26O3S. The second kappa shape index (κ2) is 5.73. The molecule has 0 bridgehead atoms. The summed E-state index contributed by atoms with van der Waals surface area (Å²) in [4.78, 5) is 0.326. The maximum Gasteiger partial charge on any atom is 0.183 e.